The van der Waals surface area contributed by atoms with E-state index in [1.165, 1.54) is 0 Å². The summed E-state index contributed by atoms with van der Waals surface area (Å²) in [5, 5.41) is 4.48. The third kappa shape index (κ3) is 3.12. The summed E-state index contributed by atoms with van der Waals surface area (Å²) >= 11 is 1.60. The Balaban J connectivity index is 1.51. The number of rotatable bonds is 3. The van der Waals surface area contributed by atoms with Crippen molar-refractivity contribution in [1.29, 1.82) is 0 Å². The molecule has 130 valence electrons. The van der Waals surface area contributed by atoms with Crippen LogP contribution in [0.15, 0.2) is 30.3 Å². The molecule has 0 bridgehead atoms. The zero-order valence-corrected chi connectivity index (χ0v) is 15.0. The fourth-order valence-corrected chi connectivity index (χ4v) is 4.03. The van der Waals surface area contributed by atoms with Crippen LogP contribution in [-0.4, -0.2) is 47.5 Å². The van der Waals surface area contributed by atoms with E-state index in [1.807, 2.05) is 42.2 Å². The Morgan fingerprint density at radius 1 is 1.36 bits per heavy atom. The van der Waals surface area contributed by atoms with Crippen LogP contribution in [-0.2, 0) is 0 Å². The molecule has 7 heteroatoms. The highest BCUT2D eigenvalue weighted by atomic mass is 32.1. The number of carbonyl (C=O) groups excluding carboxylic acids is 1. The minimum Gasteiger partial charge on any atom is -0.497 e. The molecule has 25 heavy (non-hydrogen) atoms. The molecule has 0 spiro atoms. The first-order chi connectivity index (χ1) is 12.1. The maximum absolute atomic E-state index is 12.9. The van der Waals surface area contributed by atoms with Crippen LogP contribution in [0.3, 0.4) is 0 Å². The first-order valence-corrected chi connectivity index (χ1v) is 9.08. The molecule has 4 rings (SSSR count). The van der Waals surface area contributed by atoms with Crippen molar-refractivity contribution in [3.8, 4) is 5.75 Å². The minimum atomic E-state index is 0.0304. The van der Waals surface area contributed by atoms with Crippen LogP contribution in [0.5, 0.6) is 5.75 Å². The highest BCUT2D eigenvalue weighted by Gasteiger charge is 2.26. The summed E-state index contributed by atoms with van der Waals surface area (Å²) in [5.41, 5.74) is 2.57. The number of carbonyl (C=O) groups is 1. The third-order valence-electron chi connectivity index (χ3n) is 4.50. The van der Waals surface area contributed by atoms with E-state index in [-0.39, 0.29) is 11.9 Å². The van der Waals surface area contributed by atoms with Crippen molar-refractivity contribution < 1.29 is 9.53 Å². The van der Waals surface area contributed by atoms with Crippen LogP contribution in [0.25, 0.3) is 10.3 Å². The molecule has 1 aliphatic rings. The molecule has 1 aromatic carbocycles. The Labute approximate surface area is 149 Å². The molecule has 1 unspecified atom stereocenters. The van der Waals surface area contributed by atoms with E-state index < -0.39 is 0 Å². The summed E-state index contributed by atoms with van der Waals surface area (Å²) in [4.78, 5) is 22.3. The quantitative estimate of drug-likeness (QED) is 0.757. The highest BCUT2D eigenvalue weighted by molar-refractivity contribution is 7.18. The molecule has 0 aliphatic carbocycles. The van der Waals surface area contributed by atoms with Gasteiger partial charge in [0.05, 0.1) is 16.8 Å². The summed E-state index contributed by atoms with van der Waals surface area (Å²) in [5.74, 6) is 0.865. The molecule has 3 heterocycles. The Hall–Kier alpha value is -2.38. The Morgan fingerprint density at radius 2 is 2.16 bits per heavy atom. The van der Waals surface area contributed by atoms with Gasteiger partial charge in [0.25, 0.3) is 5.91 Å². The second-order valence-corrected chi connectivity index (χ2v) is 7.39. The number of aryl methyl sites for hydroxylation is 1. The fraction of sp³-hybridized carbons (Fsp3) is 0.333. The maximum atomic E-state index is 12.9. The van der Waals surface area contributed by atoms with E-state index in [0.717, 1.165) is 33.2 Å². The van der Waals surface area contributed by atoms with Crippen molar-refractivity contribution in [1.82, 2.24) is 20.2 Å². The first-order valence-electron chi connectivity index (χ1n) is 8.27. The Bertz CT molecular complexity index is 868. The van der Waals surface area contributed by atoms with Crippen LogP contribution in [0.4, 0.5) is 0 Å². The topological polar surface area (TPSA) is 70.2 Å². The standard InChI is InChI=1S/C18H20N4O2S/c1-11-20-17-16(25-11)9-14(21-17)18(23)22-8-7-19-15(10-22)12-3-5-13(24-2)6-4-12/h3-6,9,15,19,21H,7-8,10H2,1-2H3. The fourth-order valence-electron chi connectivity index (χ4n) is 3.20. The third-order valence-corrected chi connectivity index (χ3v) is 5.42. The Morgan fingerprint density at radius 3 is 2.88 bits per heavy atom. The number of nitrogens with zero attached hydrogens (tertiary/aromatic N) is 2. The van der Waals surface area contributed by atoms with Gasteiger partial charge in [-0.25, -0.2) is 4.98 Å². The number of ether oxygens (including phenoxy) is 1. The van der Waals surface area contributed by atoms with Crippen LogP contribution in [0, 0.1) is 6.92 Å². The summed E-state index contributed by atoms with van der Waals surface area (Å²) in [7, 11) is 1.66. The lowest BCUT2D eigenvalue weighted by atomic mass is 10.0. The predicted molar refractivity (Wildman–Crippen MR) is 98.3 cm³/mol. The van der Waals surface area contributed by atoms with Gasteiger partial charge in [-0.05, 0) is 30.7 Å². The van der Waals surface area contributed by atoms with Crippen molar-refractivity contribution in [2.75, 3.05) is 26.7 Å². The minimum absolute atomic E-state index is 0.0304. The van der Waals surface area contributed by atoms with Crippen molar-refractivity contribution in [2.45, 2.75) is 13.0 Å². The average molecular weight is 356 g/mol. The number of H-pyrrole nitrogens is 1. The number of aromatic nitrogens is 2. The van der Waals surface area contributed by atoms with E-state index in [1.54, 1.807) is 18.4 Å². The van der Waals surface area contributed by atoms with E-state index in [0.29, 0.717) is 18.8 Å². The number of hydrogen-bond acceptors (Lipinski definition) is 5. The average Bonchev–Trinajstić information content (AvgIpc) is 3.18. The number of piperazine rings is 1. The molecule has 0 saturated carbocycles. The molecule has 3 aromatic rings. The number of thiazole rings is 1. The molecular weight excluding hydrogens is 336 g/mol. The molecule has 2 N–H and O–H groups in total. The van der Waals surface area contributed by atoms with Crippen molar-refractivity contribution >= 4 is 27.6 Å². The lowest BCUT2D eigenvalue weighted by Crippen LogP contribution is -2.48. The number of hydrogen-bond donors (Lipinski definition) is 2. The maximum Gasteiger partial charge on any atom is 0.270 e. The molecule has 1 aliphatic heterocycles. The molecule has 6 nitrogen and oxygen atoms in total. The van der Waals surface area contributed by atoms with Gasteiger partial charge in [0.15, 0.2) is 0 Å². The highest BCUT2D eigenvalue weighted by Crippen LogP contribution is 2.25. The normalized spacial score (nSPS) is 17.8. The van der Waals surface area contributed by atoms with Crippen LogP contribution >= 0.6 is 11.3 Å². The summed E-state index contributed by atoms with van der Waals surface area (Å²) < 4.78 is 6.24. The number of nitrogens with one attached hydrogen (secondary N) is 2. The number of benzene rings is 1. The molecule has 1 fully saturated rings. The SMILES string of the molecule is COc1ccc(C2CN(C(=O)c3cc4sc(C)nc4[nH]3)CCN2)cc1. The zero-order chi connectivity index (χ0) is 17.4. The summed E-state index contributed by atoms with van der Waals surface area (Å²) in [6, 6.07) is 10.0. The molecule has 1 amide bonds. The van der Waals surface area contributed by atoms with Gasteiger partial charge in [-0.3, -0.25) is 4.79 Å². The van der Waals surface area contributed by atoms with Gasteiger partial charge >= 0.3 is 0 Å². The Kier molecular flexibility index (Phi) is 4.19. The van der Waals surface area contributed by atoms with E-state index in [4.69, 9.17) is 4.74 Å². The van der Waals surface area contributed by atoms with Gasteiger partial charge < -0.3 is 19.9 Å². The van der Waals surface area contributed by atoms with Gasteiger partial charge in [0.2, 0.25) is 0 Å². The molecular formula is C18H20N4O2S. The summed E-state index contributed by atoms with van der Waals surface area (Å²) in [6.45, 7) is 4.08. The second kappa shape index (κ2) is 6.50. The van der Waals surface area contributed by atoms with E-state index in [2.05, 4.69) is 15.3 Å². The monoisotopic (exact) mass is 356 g/mol. The summed E-state index contributed by atoms with van der Waals surface area (Å²) in [6.07, 6.45) is 0. The van der Waals surface area contributed by atoms with Gasteiger partial charge in [0, 0.05) is 25.7 Å². The van der Waals surface area contributed by atoms with Crippen molar-refractivity contribution in [3.05, 3.63) is 46.6 Å². The van der Waals surface area contributed by atoms with Crippen LogP contribution in [0.2, 0.25) is 0 Å². The van der Waals surface area contributed by atoms with Gasteiger partial charge in [-0.1, -0.05) is 12.1 Å². The zero-order valence-electron chi connectivity index (χ0n) is 14.2. The number of aromatic amines is 1. The van der Waals surface area contributed by atoms with Gasteiger partial charge in [0.1, 0.15) is 17.1 Å². The smallest absolute Gasteiger partial charge is 0.270 e. The lowest BCUT2D eigenvalue weighted by molar-refractivity contribution is 0.0698. The lowest BCUT2D eigenvalue weighted by Gasteiger charge is -2.33. The molecule has 1 saturated heterocycles. The molecule has 2 aromatic heterocycles. The number of methoxy groups -OCH3 is 1. The number of fused-ring (bicyclic) bond motifs is 1. The predicted octanol–water partition coefficient (Wildman–Crippen LogP) is 2.73. The van der Waals surface area contributed by atoms with E-state index >= 15 is 0 Å². The van der Waals surface area contributed by atoms with Crippen LogP contribution < -0.4 is 10.1 Å². The second-order valence-electron chi connectivity index (χ2n) is 6.16. The first kappa shape index (κ1) is 16.1. The van der Waals surface area contributed by atoms with E-state index in [9.17, 15) is 4.79 Å². The van der Waals surface area contributed by atoms with Gasteiger partial charge in [-0.15, -0.1) is 11.3 Å². The molecule has 1 atom stereocenters. The van der Waals surface area contributed by atoms with Crippen LogP contribution in [0.1, 0.15) is 27.1 Å². The number of amides is 1. The van der Waals surface area contributed by atoms with Gasteiger partial charge in [-0.2, -0.15) is 0 Å². The van der Waals surface area contributed by atoms with Crippen molar-refractivity contribution in [2.24, 2.45) is 0 Å². The van der Waals surface area contributed by atoms with Crippen molar-refractivity contribution in [3.63, 3.8) is 0 Å². The molecule has 0 radical (unpaired) electrons. The largest absolute Gasteiger partial charge is 0.497 e.